The number of esters is 1. The van der Waals surface area contributed by atoms with Gasteiger partial charge in [-0.15, -0.1) is 11.8 Å². The Balaban J connectivity index is 1.93. The zero-order chi connectivity index (χ0) is 20.0. The fourth-order valence-electron chi connectivity index (χ4n) is 2.75. The van der Waals surface area contributed by atoms with E-state index in [9.17, 15) is 24.5 Å². The normalized spacial score (nSPS) is 15.0. The zero-order valence-electron chi connectivity index (χ0n) is 15.0. The molecule has 0 heterocycles. The summed E-state index contributed by atoms with van der Waals surface area (Å²) in [7, 11) is 0. The second-order valence-corrected chi connectivity index (χ2v) is 6.98. The third-order valence-electron chi connectivity index (χ3n) is 4.19. The molecule has 9 nitrogen and oxygen atoms in total. The van der Waals surface area contributed by atoms with Gasteiger partial charge in [0.2, 0.25) is 0 Å². The van der Waals surface area contributed by atoms with E-state index < -0.39 is 28.9 Å². The van der Waals surface area contributed by atoms with Crippen molar-refractivity contribution in [1.82, 2.24) is 10.6 Å². The summed E-state index contributed by atoms with van der Waals surface area (Å²) in [4.78, 5) is 46.9. The number of thioether (sulfide) groups is 1. The molecule has 0 spiro atoms. The van der Waals surface area contributed by atoms with E-state index in [2.05, 4.69) is 10.6 Å². The van der Waals surface area contributed by atoms with Gasteiger partial charge in [0.05, 0.1) is 15.4 Å². The second kappa shape index (κ2) is 9.36. The lowest BCUT2D eigenvalue weighted by Gasteiger charge is -2.15. The molecule has 2 rings (SSSR count). The molecule has 1 saturated carbocycles. The number of nitro groups is 1. The van der Waals surface area contributed by atoms with Gasteiger partial charge in [-0.25, -0.2) is 9.59 Å². The van der Waals surface area contributed by atoms with Crippen LogP contribution in [0.15, 0.2) is 23.1 Å². The number of nitro benzene ring substituents is 1. The number of carbonyl (C=O) groups excluding carboxylic acids is 3. The van der Waals surface area contributed by atoms with Gasteiger partial charge in [-0.05, 0) is 38.2 Å². The van der Waals surface area contributed by atoms with Gasteiger partial charge in [-0.1, -0.05) is 12.8 Å². The second-order valence-electron chi connectivity index (χ2n) is 6.14. The summed E-state index contributed by atoms with van der Waals surface area (Å²) in [5.74, 6) is -1.65. The molecule has 1 aliphatic carbocycles. The Bertz CT molecular complexity index is 748. The van der Waals surface area contributed by atoms with Gasteiger partial charge in [0.15, 0.2) is 6.10 Å². The lowest BCUT2D eigenvalue weighted by molar-refractivity contribution is -0.387. The molecule has 1 atom stereocenters. The van der Waals surface area contributed by atoms with E-state index in [-0.39, 0.29) is 17.3 Å². The van der Waals surface area contributed by atoms with Crippen molar-refractivity contribution < 1.29 is 24.0 Å². The Morgan fingerprint density at radius 1 is 1.30 bits per heavy atom. The molecule has 3 amide bonds. The fraction of sp³-hybridized carbons (Fsp3) is 0.471. The first-order valence-electron chi connectivity index (χ1n) is 8.46. The summed E-state index contributed by atoms with van der Waals surface area (Å²) in [5, 5.41) is 15.9. The van der Waals surface area contributed by atoms with Crippen molar-refractivity contribution in [2.24, 2.45) is 0 Å². The first-order chi connectivity index (χ1) is 12.8. The molecule has 27 heavy (non-hydrogen) atoms. The molecule has 0 aromatic heterocycles. The predicted octanol–water partition coefficient (Wildman–Crippen LogP) is 2.63. The average Bonchev–Trinajstić information content (AvgIpc) is 3.13. The number of imide groups is 1. The summed E-state index contributed by atoms with van der Waals surface area (Å²) in [5.41, 5.74) is -0.264. The number of rotatable bonds is 6. The monoisotopic (exact) mass is 395 g/mol. The molecular formula is C17H21N3O6S. The number of benzene rings is 1. The largest absolute Gasteiger partial charge is 0.449 e. The molecule has 1 aromatic carbocycles. The zero-order valence-corrected chi connectivity index (χ0v) is 15.8. The number of nitrogens with one attached hydrogen (secondary N) is 2. The molecule has 1 aromatic rings. The number of ether oxygens (including phenoxy) is 1. The van der Waals surface area contributed by atoms with Gasteiger partial charge in [-0.2, -0.15) is 0 Å². The Morgan fingerprint density at radius 3 is 2.56 bits per heavy atom. The molecule has 1 aliphatic rings. The molecule has 0 saturated heterocycles. The van der Waals surface area contributed by atoms with Crippen molar-refractivity contribution in [3.63, 3.8) is 0 Å². The Hall–Kier alpha value is -2.62. The summed E-state index contributed by atoms with van der Waals surface area (Å²) in [6.07, 6.45) is 4.27. The summed E-state index contributed by atoms with van der Waals surface area (Å²) < 4.78 is 5.02. The van der Waals surface area contributed by atoms with Crippen LogP contribution in [0.4, 0.5) is 10.5 Å². The van der Waals surface area contributed by atoms with E-state index in [1.165, 1.54) is 30.8 Å². The van der Waals surface area contributed by atoms with E-state index in [0.29, 0.717) is 4.90 Å². The minimum Gasteiger partial charge on any atom is -0.449 e. The van der Waals surface area contributed by atoms with Crippen LogP contribution in [0.1, 0.15) is 43.0 Å². The van der Waals surface area contributed by atoms with Gasteiger partial charge in [0.1, 0.15) is 0 Å². The van der Waals surface area contributed by atoms with E-state index in [1.807, 2.05) is 0 Å². The molecule has 146 valence electrons. The standard InChI is InChI=1S/C17H21N3O6S/c1-10(15(21)19-17(23)18-12-5-3-4-6-12)26-16(22)11-7-8-14(27-2)13(9-11)20(24)25/h7-10,12H,3-6H2,1-2H3,(H2,18,19,21,23)/t10-/m0/s1. The van der Waals surface area contributed by atoms with Crippen LogP contribution in [0.25, 0.3) is 0 Å². The quantitative estimate of drug-likeness (QED) is 0.328. The van der Waals surface area contributed by atoms with E-state index in [0.717, 1.165) is 31.7 Å². The van der Waals surface area contributed by atoms with Crippen LogP contribution in [-0.2, 0) is 9.53 Å². The molecule has 0 unspecified atom stereocenters. The van der Waals surface area contributed by atoms with Gasteiger partial charge in [0.25, 0.3) is 11.6 Å². The minimum absolute atomic E-state index is 0.0467. The number of urea groups is 1. The van der Waals surface area contributed by atoms with E-state index >= 15 is 0 Å². The van der Waals surface area contributed by atoms with Crippen LogP contribution in [0.5, 0.6) is 0 Å². The van der Waals surface area contributed by atoms with Crippen LogP contribution in [0, 0.1) is 10.1 Å². The number of carbonyl (C=O) groups is 3. The maximum atomic E-state index is 12.2. The summed E-state index contributed by atoms with van der Waals surface area (Å²) in [6.45, 7) is 1.32. The van der Waals surface area contributed by atoms with Crippen LogP contribution in [0.2, 0.25) is 0 Å². The maximum Gasteiger partial charge on any atom is 0.339 e. The molecule has 2 N–H and O–H groups in total. The highest BCUT2D eigenvalue weighted by molar-refractivity contribution is 7.98. The molecule has 0 bridgehead atoms. The first kappa shape index (κ1) is 20.7. The van der Waals surface area contributed by atoms with Crippen molar-refractivity contribution >= 4 is 35.4 Å². The fourth-order valence-corrected chi connectivity index (χ4v) is 3.29. The minimum atomic E-state index is -1.23. The highest BCUT2D eigenvalue weighted by Gasteiger charge is 2.24. The third kappa shape index (κ3) is 5.68. The van der Waals surface area contributed by atoms with E-state index in [1.54, 1.807) is 6.26 Å². The van der Waals surface area contributed by atoms with Gasteiger partial charge in [0, 0.05) is 12.1 Å². The third-order valence-corrected chi connectivity index (χ3v) is 4.98. The van der Waals surface area contributed by atoms with Gasteiger partial charge in [-0.3, -0.25) is 20.2 Å². The van der Waals surface area contributed by atoms with Crippen molar-refractivity contribution in [2.75, 3.05) is 6.26 Å². The molecule has 0 aliphatic heterocycles. The molecule has 10 heteroatoms. The first-order valence-corrected chi connectivity index (χ1v) is 9.69. The number of nitrogens with zero attached hydrogens (tertiary/aromatic N) is 1. The molecule has 1 fully saturated rings. The van der Waals surface area contributed by atoms with Crippen LogP contribution < -0.4 is 10.6 Å². The topological polar surface area (TPSA) is 128 Å². The smallest absolute Gasteiger partial charge is 0.339 e. The van der Waals surface area contributed by atoms with Crippen LogP contribution in [0.3, 0.4) is 0 Å². The predicted molar refractivity (Wildman–Crippen MR) is 98.7 cm³/mol. The molecular weight excluding hydrogens is 374 g/mol. The van der Waals surface area contributed by atoms with Crippen molar-refractivity contribution in [3.05, 3.63) is 33.9 Å². The maximum absolute atomic E-state index is 12.2. The number of amides is 3. The van der Waals surface area contributed by atoms with Crippen LogP contribution in [-0.4, -0.2) is 41.2 Å². The number of hydrogen-bond acceptors (Lipinski definition) is 7. The van der Waals surface area contributed by atoms with Gasteiger partial charge >= 0.3 is 12.0 Å². The highest BCUT2D eigenvalue weighted by atomic mass is 32.2. The van der Waals surface area contributed by atoms with Crippen molar-refractivity contribution in [2.45, 2.75) is 49.6 Å². The lowest BCUT2D eigenvalue weighted by atomic mass is 10.2. The van der Waals surface area contributed by atoms with Crippen LogP contribution >= 0.6 is 11.8 Å². The summed E-state index contributed by atoms with van der Waals surface area (Å²) in [6, 6.07) is 3.35. The summed E-state index contributed by atoms with van der Waals surface area (Å²) >= 11 is 1.18. The van der Waals surface area contributed by atoms with Crippen molar-refractivity contribution in [3.8, 4) is 0 Å². The lowest BCUT2D eigenvalue weighted by Crippen LogP contribution is -2.47. The Kier molecular flexibility index (Phi) is 7.17. The van der Waals surface area contributed by atoms with E-state index in [4.69, 9.17) is 4.74 Å². The Morgan fingerprint density at radius 2 is 1.96 bits per heavy atom. The van der Waals surface area contributed by atoms with Gasteiger partial charge < -0.3 is 10.1 Å². The Labute approximate surface area is 160 Å². The highest BCUT2D eigenvalue weighted by Crippen LogP contribution is 2.28. The number of hydrogen-bond donors (Lipinski definition) is 2. The average molecular weight is 395 g/mol. The molecule has 0 radical (unpaired) electrons. The van der Waals surface area contributed by atoms with Crippen molar-refractivity contribution in [1.29, 1.82) is 0 Å². The SMILES string of the molecule is CSc1ccc(C(=O)O[C@@H](C)C(=O)NC(=O)NC2CCCC2)cc1[N+](=O)[O-].